The normalized spacial score (nSPS) is 32.9. The van der Waals surface area contributed by atoms with Crippen LogP contribution in [0.25, 0.3) is 0 Å². The Hall–Kier alpha value is -0.620. The maximum absolute atomic E-state index is 11.8. The van der Waals surface area contributed by atoms with E-state index in [0.29, 0.717) is 11.0 Å². The van der Waals surface area contributed by atoms with E-state index >= 15 is 0 Å². The number of phosphoric ester groups is 1. The molecule has 148 valence electrons. The average molecular weight is 387 g/mol. The first-order valence-corrected chi connectivity index (χ1v) is 9.21. The molecular formula is C13H28N2O9P+. The second-order valence-electron chi connectivity index (χ2n) is 6.88. The fourth-order valence-corrected chi connectivity index (χ4v) is 2.83. The Balaban J connectivity index is 2.54. The van der Waals surface area contributed by atoms with Gasteiger partial charge in [0.25, 0.3) is 0 Å². The van der Waals surface area contributed by atoms with E-state index in [9.17, 15) is 29.6 Å². The van der Waals surface area contributed by atoms with Crippen LogP contribution in [-0.4, -0.2) is 102 Å². The first-order valence-electron chi connectivity index (χ1n) is 7.71. The largest absolute Gasteiger partial charge is 0.472 e. The van der Waals surface area contributed by atoms with Gasteiger partial charge >= 0.3 is 7.82 Å². The number of hydrogen-bond acceptors (Lipinski definition) is 8. The summed E-state index contributed by atoms with van der Waals surface area (Å²) in [6.07, 6.45) is -5.99. The number of carbonyl (C=O) groups is 1. The number of ether oxygens (including phenoxy) is 1. The molecule has 1 aliphatic heterocycles. The number of nitrogens with zero attached hydrogens (tertiary/aromatic N) is 1. The molecule has 1 unspecified atom stereocenters. The molecule has 25 heavy (non-hydrogen) atoms. The molecule has 0 radical (unpaired) electrons. The molecule has 0 spiro atoms. The molecule has 12 heteroatoms. The van der Waals surface area contributed by atoms with Crippen LogP contribution in [-0.2, 0) is 23.1 Å². The SMILES string of the molecule is CC(=O)N[C@@H]1[C@@H](O)[C@H](O)[C@@H](COP(=O)(O)OCC[N+](C)(C)C)O[C@H]1O. The van der Waals surface area contributed by atoms with Crippen molar-refractivity contribution in [2.24, 2.45) is 0 Å². The van der Waals surface area contributed by atoms with E-state index in [4.69, 9.17) is 13.8 Å². The smallest absolute Gasteiger partial charge is 0.388 e. The number of nitrogens with one attached hydrogen (secondary N) is 1. The van der Waals surface area contributed by atoms with E-state index in [0.717, 1.165) is 0 Å². The van der Waals surface area contributed by atoms with Gasteiger partial charge in [-0.2, -0.15) is 0 Å². The van der Waals surface area contributed by atoms with Crippen molar-refractivity contribution >= 4 is 13.7 Å². The van der Waals surface area contributed by atoms with Crippen LogP contribution < -0.4 is 5.32 Å². The second-order valence-corrected chi connectivity index (χ2v) is 8.34. The summed E-state index contributed by atoms with van der Waals surface area (Å²) in [5.41, 5.74) is 0. The van der Waals surface area contributed by atoms with Gasteiger partial charge in [-0.25, -0.2) is 4.57 Å². The van der Waals surface area contributed by atoms with Gasteiger partial charge in [0, 0.05) is 6.92 Å². The third-order valence-electron chi connectivity index (χ3n) is 3.51. The lowest BCUT2D eigenvalue weighted by molar-refractivity contribution is -0.870. The lowest BCUT2D eigenvalue weighted by Gasteiger charge is -2.40. The molecule has 0 saturated carbocycles. The monoisotopic (exact) mass is 387 g/mol. The summed E-state index contributed by atoms with van der Waals surface area (Å²) >= 11 is 0. The predicted molar refractivity (Wildman–Crippen MR) is 85.1 cm³/mol. The summed E-state index contributed by atoms with van der Waals surface area (Å²) in [7, 11) is 1.26. The van der Waals surface area contributed by atoms with Crippen molar-refractivity contribution in [3.05, 3.63) is 0 Å². The van der Waals surface area contributed by atoms with Crippen molar-refractivity contribution in [3.8, 4) is 0 Å². The van der Waals surface area contributed by atoms with Gasteiger partial charge in [0.05, 0.1) is 27.7 Å². The van der Waals surface area contributed by atoms with Crippen LogP contribution in [0.3, 0.4) is 0 Å². The van der Waals surface area contributed by atoms with Crippen molar-refractivity contribution in [2.75, 3.05) is 40.9 Å². The molecule has 1 saturated heterocycles. The lowest BCUT2D eigenvalue weighted by atomic mass is 9.97. The standard InChI is InChI=1S/C13H27N2O9P/c1-8(16)14-10-12(18)11(17)9(24-13(10)19)7-23-25(20,21)22-6-5-15(2,3)4/h9-13,17-19H,5-7H2,1-4H3,(H-,14,16,20,21)/p+1/t9-,10-,11-,12-,13-/m1/s1. The highest BCUT2D eigenvalue weighted by Crippen LogP contribution is 2.43. The van der Waals surface area contributed by atoms with E-state index < -0.39 is 51.0 Å². The Morgan fingerprint density at radius 2 is 1.80 bits per heavy atom. The highest BCUT2D eigenvalue weighted by molar-refractivity contribution is 7.47. The van der Waals surface area contributed by atoms with Crippen molar-refractivity contribution < 1.29 is 47.8 Å². The number of aliphatic hydroxyl groups excluding tert-OH is 3. The molecule has 6 atom stereocenters. The van der Waals surface area contributed by atoms with Gasteiger partial charge in [-0.1, -0.05) is 0 Å². The lowest BCUT2D eigenvalue weighted by Crippen LogP contribution is -2.64. The van der Waals surface area contributed by atoms with Crippen molar-refractivity contribution in [3.63, 3.8) is 0 Å². The molecule has 1 aliphatic rings. The van der Waals surface area contributed by atoms with Gasteiger partial charge in [0.2, 0.25) is 5.91 Å². The zero-order valence-electron chi connectivity index (χ0n) is 14.7. The van der Waals surface area contributed by atoms with Crippen LogP contribution in [0.2, 0.25) is 0 Å². The number of phosphoric acid groups is 1. The quantitative estimate of drug-likeness (QED) is 0.230. The summed E-state index contributed by atoms with van der Waals surface area (Å²) in [4.78, 5) is 20.7. The van der Waals surface area contributed by atoms with Crippen LogP contribution in [0.5, 0.6) is 0 Å². The molecule has 1 amide bonds. The zero-order chi connectivity index (χ0) is 19.4. The van der Waals surface area contributed by atoms with Gasteiger partial charge in [-0.15, -0.1) is 0 Å². The van der Waals surface area contributed by atoms with Crippen molar-refractivity contribution in [2.45, 2.75) is 37.6 Å². The summed E-state index contributed by atoms with van der Waals surface area (Å²) < 4.78 is 26.9. The molecule has 1 fully saturated rings. The van der Waals surface area contributed by atoms with Crippen LogP contribution in [0.1, 0.15) is 6.92 Å². The summed E-state index contributed by atoms with van der Waals surface area (Å²) in [5, 5.41) is 32.0. The number of likely N-dealkylation sites (N-methyl/N-ethyl adjacent to an activating group) is 1. The summed E-state index contributed by atoms with van der Waals surface area (Å²) in [6.45, 7) is 1.02. The molecule has 0 aromatic rings. The van der Waals surface area contributed by atoms with E-state index in [2.05, 4.69) is 5.32 Å². The number of amides is 1. The maximum atomic E-state index is 11.8. The Kier molecular flexibility index (Phi) is 7.94. The third kappa shape index (κ3) is 7.65. The molecule has 1 heterocycles. The minimum absolute atomic E-state index is 0.0266. The highest BCUT2D eigenvalue weighted by Gasteiger charge is 2.45. The molecule has 0 aromatic carbocycles. The van der Waals surface area contributed by atoms with Crippen LogP contribution in [0, 0.1) is 0 Å². The van der Waals surface area contributed by atoms with E-state index in [1.807, 2.05) is 21.1 Å². The van der Waals surface area contributed by atoms with E-state index in [-0.39, 0.29) is 6.61 Å². The first kappa shape index (κ1) is 22.4. The Morgan fingerprint density at radius 3 is 2.32 bits per heavy atom. The van der Waals surface area contributed by atoms with Gasteiger partial charge < -0.3 is 34.7 Å². The Labute approximate surface area is 146 Å². The van der Waals surface area contributed by atoms with Gasteiger partial charge in [-0.05, 0) is 0 Å². The summed E-state index contributed by atoms with van der Waals surface area (Å²) in [6, 6.07) is -1.23. The number of carbonyl (C=O) groups excluding carboxylic acids is 1. The fourth-order valence-electron chi connectivity index (χ4n) is 2.11. The number of aliphatic hydroxyl groups is 3. The maximum Gasteiger partial charge on any atom is 0.472 e. The van der Waals surface area contributed by atoms with Crippen LogP contribution in [0.4, 0.5) is 0 Å². The number of quaternary nitrogens is 1. The second kappa shape index (κ2) is 8.85. The molecule has 5 N–H and O–H groups in total. The van der Waals surface area contributed by atoms with Gasteiger partial charge in [0.1, 0.15) is 37.5 Å². The average Bonchev–Trinajstić information content (AvgIpc) is 2.44. The van der Waals surface area contributed by atoms with Crippen LogP contribution in [0.15, 0.2) is 0 Å². The van der Waals surface area contributed by atoms with Gasteiger partial charge in [0.15, 0.2) is 6.29 Å². The Morgan fingerprint density at radius 1 is 1.20 bits per heavy atom. The molecular weight excluding hydrogens is 359 g/mol. The molecule has 1 rings (SSSR count). The Bertz CT molecular complexity index is 498. The minimum Gasteiger partial charge on any atom is -0.388 e. The highest BCUT2D eigenvalue weighted by atomic mass is 31.2. The minimum atomic E-state index is -4.38. The third-order valence-corrected chi connectivity index (χ3v) is 4.49. The molecule has 11 nitrogen and oxygen atoms in total. The van der Waals surface area contributed by atoms with Crippen molar-refractivity contribution in [1.82, 2.24) is 5.32 Å². The molecule has 0 bridgehead atoms. The van der Waals surface area contributed by atoms with Crippen LogP contribution >= 0.6 is 7.82 Å². The first-order chi connectivity index (χ1) is 11.3. The number of hydrogen-bond donors (Lipinski definition) is 5. The van der Waals surface area contributed by atoms with E-state index in [1.165, 1.54) is 6.92 Å². The zero-order valence-corrected chi connectivity index (χ0v) is 15.6. The van der Waals surface area contributed by atoms with E-state index in [1.54, 1.807) is 0 Å². The number of rotatable bonds is 8. The molecule has 0 aliphatic carbocycles. The topological polar surface area (TPSA) is 155 Å². The van der Waals surface area contributed by atoms with Crippen molar-refractivity contribution in [1.29, 1.82) is 0 Å². The van der Waals surface area contributed by atoms with Gasteiger partial charge in [-0.3, -0.25) is 13.8 Å². The predicted octanol–water partition coefficient (Wildman–Crippen LogP) is -2.23. The fraction of sp³-hybridized carbons (Fsp3) is 0.923. The molecule has 0 aromatic heterocycles. The summed E-state index contributed by atoms with van der Waals surface area (Å²) in [5.74, 6) is -0.529.